The number of aliphatic hydroxyl groups excluding tert-OH is 1. The van der Waals surface area contributed by atoms with Crippen molar-refractivity contribution in [2.75, 3.05) is 45.7 Å². The molecule has 5 rings (SSSR count). The van der Waals surface area contributed by atoms with E-state index in [1.165, 1.54) is 13.2 Å². The molecule has 1 aromatic heterocycles. The highest BCUT2D eigenvalue weighted by Gasteiger charge is 2.24. The number of anilines is 1. The SMILES string of the molecule is COc1cc(CNCC(O)c2cccc3[nH]c(=O)ccc23)c(Cl)c(C(=O)NCCN(C)CCC(C)(C)OC(=O)Nc2ccccc2-c2ccccc2)c1. The second kappa shape index (κ2) is 18.0. The number of halogens is 1. The fourth-order valence-corrected chi connectivity index (χ4v) is 6.21. The maximum absolute atomic E-state index is 13.3. The standard InChI is InChI=1S/C41H46ClN5O6/c1-41(2,53-40(51)46-34-15-9-8-13-30(34)27-11-6-5-7-12-27)19-21-47(3)22-20-44-39(50)33-24-29(52-4)23-28(38(33)42)25-43-26-36(48)32-14-10-16-35-31(32)17-18-37(49)45-35/h5-18,23-24,36,43,48H,19-22,25-26H2,1-4H3,(H,44,50)(H,45,49)(H,46,51). The van der Waals surface area contributed by atoms with Gasteiger partial charge in [0.15, 0.2) is 0 Å². The number of benzene rings is 4. The van der Waals surface area contributed by atoms with Crippen LogP contribution in [0.1, 0.15) is 47.9 Å². The zero-order chi connectivity index (χ0) is 38.0. The summed E-state index contributed by atoms with van der Waals surface area (Å²) in [6, 6.07) is 29.3. The lowest BCUT2D eigenvalue weighted by Crippen LogP contribution is -2.37. The Morgan fingerprint density at radius 2 is 1.72 bits per heavy atom. The number of amides is 2. The fraction of sp³-hybridized carbons (Fsp3) is 0.293. The highest BCUT2D eigenvalue weighted by Crippen LogP contribution is 2.30. The van der Waals surface area contributed by atoms with Gasteiger partial charge in [0.2, 0.25) is 5.56 Å². The summed E-state index contributed by atoms with van der Waals surface area (Å²) >= 11 is 6.72. The van der Waals surface area contributed by atoms with Gasteiger partial charge in [-0.05, 0) is 74.3 Å². The first-order valence-electron chi connectivity index (χ1n) is 17.4. The van der Waals surface area contributed by atoms with Gasteiger partial charge >= 0.3 is 6.09 Å². The Bertz CT molecular complexity index is 2090. The van der Waals surface area contributed by atoms with Gasteiger partial charge in [0.05, 0.1) is 29.5 Å². The molecule has 4 aromatic carbocycles. The topological polar surface area (TPSA) is 145 Å². The number of nitrogens with zero attached hydrogens (tertiary/aromatic N) is 1. The van der Waals surface area contributed by atoms with Crippen molar-refractivity contribution < 1.29 is 24.2 Å². The lowest BCUT2D eigenvalue weighted by atomic mass is 10.0. The Morgan fingerprint density at radius 1 is 0.962 bits per heavy atom. The summed E-state index contributed by atoms with van der Waals surface area (Å²) in [4.78, 5) is 42.7. The second-order valence-electron chi connectivity index (χ2n) is 13.4. The predicted octanol–water partition coefficient (Wildman–Crippen LogP) is 6.76. The Labute approximate surface area is 314 Å². The molecule has 0 radical (unpaired) electrons. The van der Waals surface area contributed by atoms with Gasteiger partial charge in [-0.25, -0.2) is 4.79 Å². The van der Waals surface area contributed by atoms with E-state index in [1.54, 1.807) is 30.3 Å². The number of para-hydroxylation sites is 1. The van der Waals surface area contributed by atoms with E-state index in [1.807, 2.05) is 81.6 Å². The minimum absolute atomic E-state index is 0.203. The van der Waals surface area contributed by atoms with Crippen LogP contribution in [0.5, 0.6) is 5.75 Å². The van der Waals surface area contributed by atoms with Crippen LogP contribution in [0.25, 0.3) is 22.0 Å². The van der Waals surface area contributed by atoms with Gasteiger partial charge in [-0.2, -0.15) is 0 Å². The van der Waals surface area contributed by atoms with E-state index in [-0.39, 0.29) is 35.1 Å². The minimum atomic E-state index is -0.856. The summed E-state index contributed by atoms with van der Waals surface area (Å²) in [5.41, 5.74) is 3.85. The quantitative estimate of drug-likeness (QED) is 0.0747. The van der Waals surface area contributed by atoms with Crippen molar-refractivity contribution in [3.8, 4) is 16.9 Å². The van der Waals surface area contributed by atoms with Crippen LogP contribution in [0.3, 0.4) is 0 Å². The molecular formula is C41H46ClN5O6. The number of likely N-dealkylation sites (N-methyl/N-ethyl adjacent to an activating group) is 1. The molecule has 278 valence electrons. The van der Waals surface area contributed by atoms with Gasteiger partial charge in [-0.3, -0.25) is 14.9 Å². The first-order valence-corrected chi connectivity index (χ1v) is 17.8. The first kappa shape index (κ1) is 39.0. The molecule has 0 aliphatic rings. The molecule has 53 heavy (non-hydrogen) atoms. The third-order valence-corrected chi connectivity index (χ3v) is 9.35. The summed E-state index contributed by atoms with van der Waals surface area (Å²) in [5, 5.41) is 21.0. The van der Waals surface area contributed by atoms with Crippen molar-refractivity contribution in [2.45, 2.75) is 38.5 Å². The number of aromatic nitrogens is 1. The summed E-state index contributed by atoms with van der Waals surface area (Å²) < 4.78 is 11.3. The number of methoxy groups -OCH3 is 1. The fourth-order valence-electron chi connectivity index (χ4n) is 5.95. The van der Waals surface area contributed by atoms with E-state index >= 15 is 0 Å². The maximum atomic E-state index is 13.3. The molecule has 0 fully saturated rings. The number of fused-ring (bicyclic) bond motifs is 1. The van der Waals surface area contributed by atoms with Gasteiger partial charge in [-0.1, -0.05) is 72.3 Å². The number of nitrogens with one attached hydrogen (secondary N) is 4. The largest absolute Gasteiger partial charge is 0.497 e. The molecule has 12 heteroatoms. The number of H-pyrrole nitrogens is 1. The molecule has 0 spiro atoms. The van der Waals surface area contributed by atoms with E-state index in [2.05, 4.69) is 25.8 Å². The van der Waals surface area contributed by atoms with Crippen LogP contribution < -0.4 is 26.2 Å². The number of rotatable bonds is 16. The highest BCUT2D eigenvalue weighted by atomic mass is 35.5. The van der Waals surface area contributed by atoms with Crippen molar-refractivity contribution in [1.82, 2.24) is 20.5 Å². The molecule has 2 amide bonds. The number of hydrogen-bond acceptors (Lipinski definition) is 8. The van der Waals surface area contributed by atoms with Crippen LogP contribution in [-0.2, 0) is 11.3 Å². The molecule has 5 N–H and O–H groups in total. The smallest absolute Gasteiger partial charge is 0.412 e. The van der Waals surface area contributed by atoms with Crippen molar-refractivity contribution in [1.29, 1.82) is 0 Å². The molecule has 1 heterocycles. The third kappa shape index (κ3) is 10.7. The number of pyridine rings is 1. The summed E-state index contributed by atoms with van der Waals surface area (Å²) in [5.74, 6) is 0.131. The predicted molar refractivity (Wildman–Crippen MR) is 210 cm³/mol. The lowest BCUT2D eigenvalue weighted by Gasteiger charge is -2.28. The monoisotopic (exact) mass is 739 g/mol. The Hall–Kier alpha value is -5.20. The Balaban J connectivity index is 1.09. The number of aromatic amines is 1. The van der Waals surface area contributed by atoms with Crippen molar-refractivity contribution >= 4 is 40.2 Å². The van der Waals surface area contributed by atoms with Crippen molar-refractivity contribution in [2.24, 2.45) is 0 Å². The molecule has 1 unspecified atom stereocenters. The zero-order valence-electron chi connectivity index (χ0n) is 30.4. The van der Waals surface area contributed by atoms with Crippen LogP contribution >= 0.6 is 11.6 Å². The van der Waals surface area contributed by atoms with Crippen molar-refractivity contribution in [3.05, 3.63) is 129 Å². The number of carbonyl (C=O) groups excluding carboxylic acids is 2. The summed E-state index contributed by atoms with van der Waals surface area (Å²) in [6.07, 6.45) is -0.819. The Kier molecular flexibility index (Phi) is 13.3. The summed E-state index contributed by atoms with van der Waals surface area (Å²) in [7, 11) is 3.46. The molecule has 0 bridgehead atoms. The molecule has 0 aliphatic carbocycles. The normalized spacial score (nSPS) is 12.1. The van der Waals surface area contributed by atoms with Gasteiger partial charge in [0.25, 0.3) is 5.91 Å². The van der Waals surface area contributed by atoms with E-state index in [0.29, 0.717) is 54.1 Å². The van der Waals surface area contributed by atoms with E-state index in [4.69, 9.17) is 21.1 Å². The van der Waals surface area contributed by atoms with Gasteiger partial charge in [0, 0.05) is 55.3 Å². The molecule has 0 saturated carbocycles. The molecular weight excluding hydrogens is 694 g/mol. The number of ether oxygens (including phenoxy) is 2. The lowest BCUT2D eigenvalue weighted by molar-refractivity contribution is 0.0358. The number of aliphatic hydroxyl groups is 1. The summed E-state index contributed by atoms with van der Waals surface area (Å²) in [6.45, 7) is 5.74. The minimum Gasteiger partial charge on any atom is -0.497 e. The van der Waals surface area contributed by atoms with Crippen LogP contribution in [-0.4, -0.2) is 72.9 Å². The number of hydrogen-bond donors (Lipinski definition) is 5. The second-order valence-corrected chi connectivity index (χ2v) is 13.8. The van der Waals surface area contributed by atoms with Gasteiger partial charge in [-0.15, -0.1) is 0 Å². The first-order chi connectivity index (χ1) is 25.4. The molecule has 0 saturated heterocycles. The molecule has 1 atom stereocenters. The average molecular weight is 740 g/mol. The van der Waals surface area contributed by atoms with Crippen LogP contribution in [0.2, 0.25) is 5.02 Å². The molecule has 0 aliphatic heterocycles. The van der Waals surface area contributed by atoms with E-state index < -0.39 is 17.8 Å². The molecule has 11 nitrogen and oxygen atoms in total. The van der Waals surface area contributed by atoms with Gasteiger partial charge in [0.1, 0.15) is 11.4 Å². The third-order valence-electron chi connectivity index (χ3n) is 8.91. The van der Waals surface area contributed by atoms with Crippen molar-refractivity contribution in [3.63, 3.8) is 0 Å². The Morgan fingerprint density at radius 3 is 2.49 bits per heavy atom. The zero-order valence-corrected chi connectivity index (χ0v) is 31.1. The van der Waals surface area contributed by atoms with Gasteiger partial charge < -0.3 is 35.1 Å². The average Bonchev–Trinajstić information content (AvgIpc) is 3.14. The number of carbonyl (C=O) groups is 2. The highest BCUT2D eigenvalue weighted by molar-refractivity contribution is 6.34. The van der Waals surface area contributed by atoms with E-state index in [9.17, 15) is 19.5 Å². The van der Waals surface area contributed by atoms with Crippen LogP contribution in [0, 0.1) is 0 Å². The maximum Gasteiger partial charge on any atom is 0.412 e. The molecule has 5 aromatic rings. The van der Waals surface area contributed by atoms with Crippen LogP contribution in [0.4, 0.5) is 10.5 Å². The van der Waals surface area contributed by atoms with E-state index in [0.717, 1.165) is 16.5 Å². The van der Waals surface area contributed by atoms with Crippen LogP contribution in [0.15, 0.2) is 102 Å².